The number of aliphatic carboxylic acids is 1. The molecule has 3 aromatic rings. The van der Waals surface area contributed by atoms with Crippen LogP contribution in [0.5, 0.6) is 5.75 Å². The minimum atomic E-state index is -1.55. The van der Waals surface area contributed by atoms with E-state index in [0.29, 0.717) is 23.1 Å². The molecular formula is C59H86N16O13S2. The van der Waals surface area contributed by atoms with Crippen LogP contribution in [0, 0.1) is 5.92 Å². The minimum Gasteiger partial charge on any atom is -0.508 e. The van der Waals surface area contributed by atoms with E-state index < -0.39 is 126 Å². The Morgan fingerprint density at radius 1 is 0.544 bits per heavy atom. The Kier molecular flexibility index (Phi) is 31.2. The van der Waals surface area contributed by atoms with Crippen molar-refractivity contribution in [2.45, 2.75) is 138 Å². The van der Waals surface area contributed by atoms with Crippen LogP contribution in [0.2, 0.25) is 0 Å². The Hall–Kier alpha value is -8.68. The number of nitrogens with zero attached hydrogens (tertiary/aromatic N) is 3. The van der Waals surface area contributed by atoms with Crippen LogP contribution in [-0.2, 0) is 67.2 Å². The van der Waals surface area contributed by atoms with Gasteiger partial charge in [0, 0.05) is 50.4 Å². The van der Waals surface area contributed by atoms with Crippen LogP contribution in [0.4, 0.5) is 0 Å². The molecule has 1 aliphatic heterocycles. The summed E-state index contributed by atoms with van der Waals surface area (Å²) in [6.45, 7) is 2.88. The summed E-state index contributed by atoms with van der Waals surface area (Å²) < 4.78 is 0. The number of nitrogens with one attached hydrogen (secondary N) is 8. The number of hydrogen-bond donors (Lipinski definition) is 18. The number of hydrogen-bond acceptors (Lipinski definition) is 17. The van der Waals surface area contributed by atoms with Crippen LogP contribution in [0.3, 0.4) is 0 Å². The first-order valence-electron chi connectivity index (χ1n) is 29.3. The summed E-state index contributed by atoms with van der Waals surface area (Å²) in [6.07, 6.45) is 0.361. The van der Waals surface area contributed by atoms with Gasteiger partial charge in [-0.1, -0.05) is 86.6 Å². The summed E-state index contributed by atoms with van der Waals surface area (Å²) in [5, 5.41) is 50.9. The SMILES string of the molecule is CC(C)C[C@H](N)C(=O)N[C@@H](CO)C(=O)N[C@@H](Cc1ccc(O)cc1)C(=O)N[C@@H](CCCN=C(N)N)C(=O)N[C@@H](CS)C(=O)N1CCC[C@H]1C(=O)N[C@@H](CS)C(=O)N[C@@H](CCCN=C(N)N)C(=O)N[C@@H](Cc1ccccc1)C(=O)N[C@@H](Cc1ccccc1)C(=O)O. The molecule has 0 bridgehead atoms. The predicted octanol–water partition coefficient (Wildman–Crippen LogP) is -3.29. The van der Waals surface area contributed by atoms with Crippen LogP contribution in [0.25, 0.3) is 0 Å². The summed E-state index contributed by atoms with van der Waals surface area (Å²) in [5.74, 6) is -10.1. The van der Waals surface area contributed by atoms with Crippen LogP contribution < -0.4 is 71.2 Å². The van der Waals surface area contributed by atoms with Gasteiger partial charge in [0.2, 0.25) is 53.2 Å². The maximum absolute atomic E-state index is 14.4. The van der Waals surface area contributed by atoms with Crippen molar-refractivity contribution in [1.82, 2.24) is 47.4 Å². The Bertz CT molecular complexity index is 2940. The first-order chi connectivity index (χ1) is 42.8. The fraction of sp³-hybridized carbons (Fsp3) is 0.492. The number of nitrogens with two attached hydrogens (primary N) is 5. The quantitative estimate of drug-likeness (QED) is 0.0116. The van der Waals surface area contributed by atoms with Gasteiger partial charge in [-0.2, -0.15) is 25.3 Å². The van der Waals surface area contributed by atoms with Gasteiger partial charge in [-0.25, -0.2) is 4.79 Å². The maximum Gasteiger partial charge on any atom is 0.326 e. The second kappa shape index (κ2) is 38.0. The summed E-state index contributed by atoms with van der Waals surface area (Å²) in [5.41, 5.74) is 29.9. The second-order valence-electron chi connectivity index (χ2n) is 21.9. The molecule has 0 radical (unpaired) electrons. The van der Waals surface area contributed by atoms with Gasteiger partial charge < -0.3 is 91.4 Å². The monoisotopic (exact) mass is 1290 g/mol. The van der Waals surface area contributed by atoms with Gasteiger partial charge in [0.15, 0.2) is 11.9 Å². The van der Waals surface area contributed by atoms with Crippen LogP contribution in [-0.4, -0.2) is 189 Å². The van der Waals surface area contributed by atoms with Crippen molar-refractivity contribution in [1.29, 1.82) is 0 Å². The number of guanidine groups is 2. The molecule has 1 saturated heterocycles. The van der Waals surface area contributed by atoms with Gasteiger partial charge >= 0.3 is 5.97 Å². The number of aliphatic hydroxyl groups is 1. The molecule has 1 heterocycles. The first kappa shape index (κ1) is 73.8. The average Bonchev–Trinajstić information content (AvgIpc) is 1.86. The number of rotatable bonds is 37. The molecule has 90 heavy (non-hydrogen) atoms. The minimum absolute atomic E-state index is 0.00490. The predicted molar refractivity (Wildman–Crippen MR) is 342 cm³/mol. The number of phenols is 1. The van der Waals surface area contributed by atoms with E-state index in [0.717, 1.165) is 0 Å². The van der Waals surface area contributed by atoms with E-state index in [1.807, 2.05) is 13.8 Å². The summed E-state index contributed by atoms with van der Waals surface area (Å²) in [7, 11) is 0. The van der Waals surface area contributed by atoms with Crippen LogP contribution >= 0.6 is 25.3 Å². The van der Waals surface area contributed by atoms with Crippen molar-refractivity contribution >= 4 is 96.3 Å². The lowest BCUT2D eigenvalue weighted by Gasteiger charge is -2.30. The number of likely N-dealkylation sites (tertiary alicyclic amines) is 1. The molecule has 3 aromatic carbocycles. The highest BCUT2D eigenvalue weighted by Gasteiger charge is 2.40. The number of aromatic hydroxyl groups is 1. The van der Waals surface area contributed by atoms with E-state index in [1.54, 1.807) is 60.7 Å². The Morgan fingerprint density at radius 2 is 0.944 bits per heavy atom. The van der Waals surface area contributed by atoms with E-state index in [4.69, 9.17) is 28.7 Å². The molecule has 31 heteroatoms. The topological polar surface area (TPSA) is 486 Å². The number of phenolic OH excluding ortho intramolecular Hbond substituents is 1. The van der Waals surface area contributed by atoms with Gasteiger partial charge in [-0.3, -0.25) is 53.1 Å². The lowest BCUT2D eigenvalue weighted by molar-refractivity contribution is -0.142. The summed E-state index contributed by atoms with van der Waals surface area (Å²) in [4.78, 5) is 148. The van der Waals surface area contributed by atoms with Crippen molar-refractivity contribution < 1.29 is 63.3 Å². The van der Waals surface area contributed by atoms with E-state index in [-0.39, 0.29) is 113 Å². The average molecular weight is 1290 g/mol. The zero-order valence-corrected chi connectivity index (χ0v) is 52.1. The van der Waals surface area contributed by atoms with E-state index in [2.05, 4.69) is 77.8 Å². The third-order valence-electron chi connectivity index (χ3n) is 14.3. The van der Waals surface area contributed by atoms with Crippen molar-refractivity contribution in [3.05, 3.63) is 102 Å². The zero-order valence-electron chi connectivity index (χ0n) is 50.3. The normalized spacial score (nSPS) is 15.7. The summed E-state index contributed by atoms with van der Waals surface area (Å²) >= 11 is 8.70. The molecule has 0 aromatic heterocycles. The molecule has 0 unspecified atom stereocenters. The number of aliphatic hydroxyl groups excluding tert-OH is 1. The van der Waals surface area contributed by atoms with E-state index in [9.17, 15) is 63.3 Å². The number of carboxylic acid groups (broad SMARTS) is 1. The molecule has 10 atom stereocenters. The molecule has 1 fully saturated rings. The molecule has 9 amide bonds. The standard InChI is InChI=1S/C59H86N16O13S2/c1-33(2)26-38(60)48(78)72-44(30-76)53(83)70-42(28-36-19-21-37(77)22-20-36)51(81)67-40(17-10-24-66-59(63)64)50(80)74-46(32-90)56(86)75-25-11-18-47(75)55(85)73-45(31-89)54(84)68-39(16-9-23-65-58(61)62)49(79)69-41(27-34-12-5-3-6-13-34)52(82)71-43(57(87)88)29-35-14-7-4-8-15-35/h3-8,12-15,19-22,33,38-47,76-77,89-90H,9-11,16-18,23-32,60H2,1-2H3,(H,67,81)(H,68,84)(H,69,79)(H,70,83)(H,71,82)(H,72,78)(H,73,85)(H,74,80)(H,87,88)(H4,61,62,65)(H4,63,64,66)/t38-,39-,40-,41-,42-,43-,44-,45-,46-,47-/m0/s1. The summed E-state index contributed by atoms with van der Waals surface area (Å²) in [6, 6.07) is 9.30. The van der Waals surface area contributed by atoms with E-state index >= 15 is 0 Å². The van der Waals surface area contributed by atoms with Gasteiger partial charge in [0.05, 0.1) is 12.6 Å². The fourth-order valence-corrected chi connectivity index (χ4v) is 10.1. The third-order valence-corrected chi connectivity index (χ3v) is 15.0. The molecule has 4 rings (SSSR count). The number of carbonyl (C=O) groups excluding carboxylic acids is 9. The number of aliphatic imine (C=N–C) groups is 2. The molecule has 0 saturated carbocycles. The van der Waals surface area contributed by atoms with Crippen LogP contribution in [0.1, 0.15) is 75.5 Å². The lowest BCUT2D eigenvalue weighted by atomic mass is 10.0. The number of thiol groups is 2. The van der Waals surface area contributed by atoms with Crippen molar-refractivity contribution in [3.8, 4) is 5.75 Å². The Balaban J connectivity index is 1.53. The number of carboxylic acids is 1. The smallest absolute Gasteiger partial charge is 0.326 e. The Morgan fingerprint density at radius 3 is 1.39 bits per heavy atom. The van der Waals surface area contributed by atoms with E-state index in [1.165, 1.54) is 29.2 Å². The van der Waals surface area contributed by atoms with Gasteiger partial charge in [-0.15, -0.1) is 0 Å². The third kappa shape index (κ3) is 25.1. The highest BCUT2D eigenvalue weighted by atomic mass is 32.1. The Labute approximate surface area is 532 Å². The molecule has 1 aliphatic rings. The highest BCUT2D eigenvalue weighted by molar-refractivity contribution is 7.80. The number of carbonyl (C=O) groups is 10. The lowest BCUT2D eigenvalue weighted by Crippen LogP contribution is -2.61. The molecular weight excluding hydrogens is 1200 g/mol. The molecule has 0 aliphatic carbocycles. The van der Waals surface area contributed by atoms with Crippen molar-refractivity contribution in [2.24, 2.45) is 44.6 Å². The van der Waals surface area contributed by atoms with Crippen molar-refractivity contribution in [2.75, 3.05) is 37.7 Å². The largest absolute Gasteiger partial charge is 0.508 e. The number of amides is 9. The number of benzene rings is 3. The van der Waals surface area contributed by atoms with Gasteiger partial charge in [-0.05, 0) is 79.7 Å². The molecule has 0 spiro atoms. The van der Waals surface area contributed by atoms with Crippen molar-refractivity contribution in [3.63, 3.8) is 0 Å². The molecule has 29 nitrogen and oxygen atoms in total. The van der Waals surface area contributed by atoms with Gasteiger partial charge in [0.1, 0.15) is 60.1 Å². The maximum atomic E-state index is 14.4. The second-order valence-corrected chi connectivity index (χ2v) is 22.7. The van der Waals surface area contributed by atoms with Gasteiger partial charge in [0.25, 0.3) is 0 Å². The molecule has 21 N–H and O–H groups in total. The molecule has 492 valence electrons. The zero-order chi connectivity index (χ0) is 66.5. The fourth-order valence-electron chi connectivity index (χ4n) is 9.60. The first-order valence-corrected chi connectivity index (χ1v) is 30.6. The highest BCUT2D eigenvalue weighted by Crippen LogP contribution is 2.20. The van der Waals surface area contributed by atoms with Crippen LogP contribution in [0.15, 0.2) is 94.9 Å².